The Hall–Kier alpha value is -0.820. The van der Waals surface area contributed by atoms with Crippen molar-refractivity contribution in [2.75, 3.05) is 19.6 Å². The first-order valence-corrected chi connectivity index (χ1v) is 6.50. The molecule has 88 valence electrons. The summed E-state index contributed by atoms with van der Waals surface area (Å²) in [6.07, 6.45) is 2.66. The first-order chi connectivity index (χ1) is 7.70. The SMILES string of the molecule is CCN1CCC(c2ccc(C)cc2C)CC1. The summed E-state index contributed by atoms with van der Waals surface area (Å²) in [4.78, 5) is 2.56. The summed E-state index contributed by atoms with van der Waals surface area (Å²) < 4.78 is 0. The van der Waals surface area contributed by atoms with Crippen LogP contribution in [-0.2, 0) is 0 Å². The molecule has 1 aromatic rings. The Bertz CT molecular complexity index is 348. The highest BCUT2D eigenvalue weighted by Crippen LogP contribution is 2.30. The molecule has 0 saturated carbocycles. The molecule has 1 aliphatic rings. The van der Waals surface area contributed by atoms with E-state index in [0.29, 0.717) is 0 Å². The Labute approximate surface area is 99.5 Å². The van der Waals surface area contributed by atoms with Crippen LogP contribution in [0.4, 0.5) is 0 Å². The van der Waals surface area contributed by atoms with E-state index in [-0.39, 0.29) is 0 Å². The molecule has 1 nitrogen and oxygen atoms in total. The van der Waals surface area contributed by atoms with E-state index >= 15 is 0 Å². The molecule has 0 spiro atoms. The van der Waals surface area contributed by atoms with E-state index in [4.69, 9.17) is 0 Å². The number of likely N-dealkylation sites (tertiary alicyclic amines) is 1. The largest absolute Gasteiger partial charge is 0.304 e. The topological polar surface area (TPSA) is 3.24 Å². The predicted octanol–water partition coefficient (Wildman–Crippen LogP) is 3.50. The predicted molar refractivity (Wildman–Crippen MR) is 70.0 cm³/mol. The highest BCUT2D eigenvalue weighted by molar-refractivity contribution is 5.33. The molecule has 1 saturated heterocycles. The molecular formula is C15H23N. The van der Waals surface area contributed by atoms with Gasteiger partial charge in [0, 0.05) is 0 Å². The molecule has 0 unspecified atom stereocenters. The molecule has 1 heteroatoms. The van der Waals surface area contributed by atoms with Gasteiger partial charge in [0.05, 0.1) is 0 Å². The Morgan fingerprint density at radius 3 is 2.44 bits per heavy atom. The molecule has 1 heterocycles. The van der Waals surface area contributed by atoms with Crippen LogP contribution >= 0.6 is 0 Å². The second kappa shape index (κ2) is 5.01. The van der Waals surface area contributed by atoms with Gasteiger partial charge in [-0.2, -0.15) is 0 Å². The van der Waals surface area contributed by atoms with Gasteiger partial charge in [-0.1, -0.05) is 30.7 Å². The molecule has 0 atom stereocenters. The van der Waals surface area contributed by atoms with Crippen LogP contribution in [0.25, 0.3) is 0 Å². The number of hydrogen-bond acceptors (Lipinski definition) is 1. The van der Waals surface area contributed by atoms with E-state index in [2.05, 4.69) is 43.9 Å². The average Bonchev–Trinajstić information content (AvgIpc) is 2.29. The zero-order valence-electron chi connectivity index (χ0n) is 10.8. The average molecular weight is 217 g/mol. The quantitative estimate of drug-likeness (QED) is 0.733. The van der Waals surface area contributed by atoms with Gasteiger partial charge in [-0.15, -0.1) is 0 Å². The van der Waals surface area contributed by atoms with E-state index in [9.17, 15) is 0 Å². The van der Waals surface area contributed by atoms with Gasteiger partial charge in [0.1, 0.15) is 0 Å². The highest BCUT2D eigenvalue weighted by Gasteiger charge is 2.20. The van der Waals surface area contributed by atoms with Crippen LogP contribution in [-0.4, -0.2) is 24.5 Å². The van der Waals surface area contributed by atoms with Crippen LogP contribution in [0.3, 0.4) is 0 Å². The van der Waals surface area contributed by atoms with Crippen LogP contribution in [0, 0.1) is 13.8 Å². The second-order valence-electron chi connectivity index (χ2n) is 5.07. The van der Waals surface area contributed by atoms with Crippen molar-refractivity contribution in [1.29, 1.82) is 0 Å². The summed E-state index contributed by atoms with van der Waals surface area (Å²) in [7, 11) is 0. The third-order valence-corrected chi connectivity index (χ3v) is 3.90. The summed E-state index contributed by atoms with van der Waals surface area (Å²) in [5.41, 5.74) is 4.45. The van der Waals surface area contributed by atoms with Crippen LogP contribution in [0.2, 0.25) is 0 Å². The molecule has 0 N–H and O–H groups in total. The van der Waals surface area contributed by atoms with Gasteiger partial charge >= 0.3 is 0 Å². The molecule has 2 rings (SSSR count). The minimum atomic E-state index is 0.795. The van der Waals surface area contributed by atoms with Crippen molar-refractivity contribution in [2.45, 2.75) is 39.5 Å². The lowest BCUT2D eigenvalue weighted by atomic mass is 9.86. The summed E-state index contributed by atoms with van der Waals surface area (Å²) >= 11 is 0. The molecule has 0 amide bonds. The van der Waals surface area contributed by atoms with Crippen LogP contribution in [0.1, 0.15) is 42.4 Å². The fourth-order valence-corrected chi connectivity index (χ4v) is 2.84. The molecule has 0 aliphatic carbocycles. The Kier molecular flexibility index (Phi) is 3.65. The molecule has 1 fully saturated rings. The Morgan fingerprint density at radius 2 is 1.88 bits per heavy atom. The minimum Gasteiger partial charge on any atom is -0.304 e. The number of benzene rings is 1. The first-order valence-electron chi connectivity index (χ1n) is 6.50. The highest BCUT2D eigenvalue weighted by atomic mass is 15.1. The molecule has 0 radical (unpaired) electrons. The summed E-state index contributed by atoms with van der Waals surface area (Å²) in [6.45, 7) is 10.4. The number of hydrogen-bond donors (Lipinski definition) is 0. The Morgan fingerprint density at radius 1 is 1.19 bits per heavy atom. The van der Waals surface area contributed by atoms with Crippen LogP contribution < -0.4 is 0 Å². The lowest BCUT2D eigenvalue weighted by Crippen LogP contribution is -2.32. The lowest BCUT2D eigenvalue weighted by Gasteiger charge is -2.32. The maximum atomic E-state index is 2.56. The van der Waals surface area contributed by atoms with E-state index in [1.165, 1.54) is 43.6 Å². The van der Waals surface area contributed by atoms with Crippen molar-refractivity contribution in [3.05, 3.63) is 34.9 Å². The van der Waals surface area contributed by atoms with Crippen LogP contribution in [0.15, 0.2) is 18.2 Å². The van der Waals surface area contributed by atoms with Gasteiger partial charge in [0.25, 0.3) is 0 Å². The standard InChI is InChI=1S/C15H23N/c1-4-16-9-7-14(8-10-16)15-6-5-12(2)11-13(15)3/h5-6,11,14H,4,7-10H2,1-3H3. The van der Waals surface area contributed by atoms with Gasteiger partial charge in [-0.3, -0.25) is 0 Å². The number of piperidine rings is 1. The zero-order valence-corrected chi connectivity index (χ0v) is 10.8. The summed E-state index contributed by atoms with van der Waals surface area (Å²) in [6, 6.07) is 6.92. The van der Waals surface area contributed by atoms with E-state index in [1.807, 2.05) is 0 Å². The fourth-order valence-electron chi connectivity index (χ4n) is 2.84. The maximum Gasteiger partial charge on any atom is -0.00130 e. The van der Waals surface area contributed by atoms with E-state index in [1.54, 1.807) is 5.56 Å². The van der Waals surface area contributed by atoms with E-state index in [0.717, 1.165) is 5.92 Å². The van der Waals surface area contributed by atoms with Crippen molar-refractivity contribution in [3.63, 3.8) is 0 Å². The fraction of sp³-hybridized carbons (Fsp3) is 0.600. The van der Waals surface area contributed by atoms with Crippen LogP contribution in [0.5, 0.6) is 0 Å². The van der Waals surface area contributed by atoms with Gasteiger partial charge < -0.3 is 4.90 Å². The third kappa shape index (κ3) is 2.46. The number of aryl methyl sites for hydroxylation is 2. The lowest BCUT2D eigenvalue weighted by molar-refractivity contribution is 0.222. The van der Waals surface area contributed by atoms with Crippen molar-refractivity contribution in [3.8, 4) is 0 Å². The normalized spacial score (nSPS) is 18.9. The number of nitrogens with zero attached hydrogens (tertiary/aromatic N) is 1. The van der Waals surface area contributed by atoms with Gasteiger partial charge in [-0.25, -0.2) is 0 Å². The summed E-state index contributed by atoms with van der Waals surface area (Å²) in [5, 5.41) is 0. The molecular weight excluding hydrogens is 194 g/mol. The smallest absolute Gasteiger partial charge is 0.00130 e. The molecule has 0 bridgehead atoms. The van der Waals surface area contributed by atoms with Crippen molar-refractivity contribution >= 4 is 0 Å². The number of rotatable bonds is 2. The Balaban J connectivity index is 2.08. The summed E-state index contributed by atoms with van der Waals surface area (Å²) in [5.74, 6) is 0.795. The monoisotopic (exact) mass is 217 g/mol. The zero-order chi connectivity index (χ0) is 11.5. The molecule has 0 aromatic heterocycles. The minimum absolute atomic E-state index is 0.795. The van der Waals surface area contributed by atoms with Crippen molar-refractivity contribution < 1.29 is 0 Å². The maximum absolute atomic E-state index is 2.56. The van der Waals surface area contributed by atoms with Gasteiger partial charge in [0.2, 0.25) is 0 Å². The van der Waals surface area contributed by atoms with Crippen molar-refractivity contribution in [2.24, 2.45) is 0 Å². The first kappa shape index (κ1) is 11.7. The van der Waals surface area contributed by atoms with E-state index < -0.39 is 0 Å². The van der Waals surface area contributed by atoms with Crippen molar-refractivity contribution in [1.82, 2.24) is 4.90 Å². The van der Waals surface area contributed by atoms with Gasteiger partial charge in [0.15, 0.2) is 0 Å². The molecule has 1 aliphatic heterocycles. The molecule has 16 heavy (non-hydrogen) atoms. The molecule has 1 aromatic carbocycles. The third-order valence-electron chi connectivity index (χ3n) is 3.90. The van der Waals surface area contributed by atoms with Gasteiger partial charge in [-0.05, 0) is 63.4 Å². The second-order valence-corrected chi connectivity index (χ2v) is 5.07.